The molecular weight excluding hydrogens is 250 g/mol. The molecule has 0 aliphatic heterocycles. The van der Waals surface area contributed by atoms with E-state index in [0.717, 1.165) is 0 Å². The van der Waals surface area contributed by atoms with Crippen molar-refractivity contribution in [2.24, 2.45) is 5.92 Å². The molecule has 0 rings (SSSR count). The van der Waals surface area contributed by atoms with Crippen molar-refractivity contribution in [2.75, 3.05) is 19.6 Å². The summed E-state index contributed by atoms with van der Waals surface area (Å²) in [6.07, 6.45) is -0.244. The first-order chi connectivity index (χ1) is 8.82. The van der Waals surface area contributed by atoms with Crippen LogP contribution in [-0.4, -0.2) is 48.6 Å². The molecule has 0 heterocycles. The van der Waals surface area contributed by atoms with Crippen LogP contribution in [0.25, 0.3) is 0 Å². The van der Waals surface area contributed by atoms with Crippen LogP contribution in [0.5, 0.6) is 0 Å². The van der Waals surface area contributed by atoms with E-state index in [2.05, 4.69) is 16.0 Å². The highest BCUT2D eigenvalue weighted by Crippen LogP contribution is 2.00. The first-order valence-corrected chi connectivity index (χ1v) is 6.32. The van der Waals surface area contributed by atoms with Gasteiger partial charge in [-0.2, -0.15) is 0 Å². The van der Waals surface area contributed by atoms with Crippen molar-refractivity contribution in [2.45, 2.75) is 33.2 Å². The lowest BCUT2D eigenvalue weighted by Gasteiger charge is -2.11. The van der Waals surface area contributed by atoms with E-state index in [1.54, 1.807) is 0 Å². The fourth-order valence-corrected chi connectivity index (χ4v) is 1.32. The van der Waals surface area contributed by atoms with E-state index in [9.17, 15) is 14.4 Å². The molecule has 0 saturated carbocycles. The van der Waals surface area contributed by atoms with Gasteiger partial charge in [0, 0.05) is 25.0 Å². The zero-order chi connectivity index (χ0) is 14.8. The molecule has 0 aliphatic carbocycles. The number of nitrogens with one attached hydrogen (secondary N) is 3. The van der Waals surface area contributed by atoms with Gasteiger partial charge >= 0.3 is 5.97 Å². The number of amides is 2. The van der Waals surface area contributed by atoms with E-state index in [-0.39, 0.29) is 18.9 Å². The fraction of sp³-hybridized carbons (Fsp3) is 0.750. The number of hydrogen-bond acceptors (Lipinski definition) is 4. The minimum Gasteiger partial charge on any atom is -0.481 e. The van der Waals surface area contributed by atoms with Gasteiger partial charge in [-0.05, 0) is 0 Å². The van der Waals surface area contributed by atoms with E-state index in [4.69, 9.17) is 5.11 Å². The molecule has 7 heteroatoms. The summed E-state index contributed by atoms with van der Waals surface area (Å²) < 4.78 is 0. The maximum atomic E-state index is 11.4. The van der Waals surface area contributed by atoms with Crippen molar-refractivity contribution in [3.8, 4) is 0 Å². The largest absolute Gasteiger partial charge is 0.481 e. The number of carboxylic acids is 1. The summed E-state index contributed by atoms with van der Waals surface area (Å²) in [7, 11) is 0. The molecule has 0 radical (unpaired) electrons. The summed E-state index contributed by atoms with van der Waals surface area (Å²) in [6.45, 7) is 6.53. The van der Waals surface area contributed by atoms with Crippen molar-refractivity contribution >= 4 is 17.8 Å². The SMILES string of the molecule is CC(C)NCCNC(=O)CNC(=O)C(C)CC(=O)O. The van der Waals surface area contributed by atoms with Crippen LogP contribution in [-0.2, 0) is 14.4 Å². The average Bonchev–Trinajstić information content (AvgIpc) is 2.30. The molecule has 110 valence electrons. The molecule has 1 atom stereocenters. The van der Waals surface area contributed by atoms with E-state index in [1.165, 1.54) is 6.92 Å². The smallest absolute Gasteiger partial charge is 0.304 e. The quantitative estimate of drug-likeness (QED) is 0.417. The number of carbonyl (C=O) groups is 3. The predicted octanol–water partition coefficient (Wildman–Crippen LogP) is -0.672. The van der Waals surface area contributed by atoms with Gasteiger partial charge in [0.15, 0.2) is 0 Å². The molecule has 0 aromatic heterocycles. The summed E-state index contributed by atoms with van der Waals surface area (Å²) in [6, 6.07) is 0.355. The van der Waals surface area contributed by atoms with Gasteiger partial charge < -0.3 is 21.1 Å². The molecule has 0 fully saturated rings. The Morgan fingerprint density at radius 1 is 1.05 bits per heavy atom. The van der Waals surface area contributed by atoms with Crippen LogP contribution in [0.1, 0.15) is 27.2 Å². The Morgan fingerprint density at radius 2 is 1.68 bits per heavy atom. The lowest BCUT2D eigenvalue weighted by Crippen LogP contribution is -2.41. The standard InChI is InChI=1S/C12H23N3O4/c1-8(2)13-4-5-14-10(16)7-15-12(19)9(3)6-11(17)18/h8-9,13H,4-7H2,1-3H3,(H,14,16)(H,15,19)(H,17,18). The molecule has 0 spiro atoms. The molecular formula is C12H23N3O4. The highest BCUT2D eigenvalue weighted by molar-refractivity contribution is 5.87. The van der Waals surface area contributed by atoms with Gasteiger partial charge in [-0.3, -0.25) is 14.4 Å². The number of aliphatic carboxylic acids is 1. The van der Waals surface area contributed by atoms with E-state index in [1.807, 2.05) is 13.8 Å². The minimum absolute atomic E-state index is 0.134. The second-order valence-corrected chi connectivity index (χ2v) is 4.68. The zero-order valence-electron chi connectivity index (χ0n) is 11.7. The Kier molecular flexibility index (Phi) is 8.52. The Morgan fingerprint density at radius 3 is 2.21 bits per heavy atom. The van der Waals surface area contributed by atoms with Crippen LogP contribution in [0, 0.1) is 5.92 Å². The topological polar surface area (TPSA) is 108 Å². The van der Waals surface area contributed by atoms with Crippen molar-refractivity contribution in [3.05, 3.63) is 0 Å². The first kappa shape index (κ1) is 17.4. The predicted molar refractivity (Wildman–Crippen MR) is 70.6 cm³/mol. The number of rotatable bonds is 9. The molecule has 4 N–H and O–H groups in total. The van der Waals surface area contributed by atoms with Gasteiger partial charge in [-0.25, -0.2) is 0 Å². The van der Waals surface area contributed by atoms with Crippen LogP contribution in [0.15, 0.2) is 0 Å². The van der Waals surface area contributed by atoms with Crippen LogP contribution in [0.4, 0.5) is 0 Å². The Balaban J connectivity index is 3.72. The van der Waals surface area contributed by atoms with Gasteiger partial charge in [0.25, 0.3) is 0 Å². The Hall–Kier alpha value is -1.63. The summed E-state index contributed by atoms with van der Waals surface area (Å²) in [5, 5.41) is 16.7. The van der Waals surface area contributed by atoms with Crippen molar-refractivity contribution in [1.29, 1.82) is 0 Å². The number of carbonyl (C=O) groups excluding carboxylic acids is 2. The fourth-order valence-electron chi connectivity index (χ4n) is 1.32. The second kappa shape index (κ2) is 9.32. The van der Waals surface area contributed by atoms with Crippen molar-refractivity contribution < 1.29 is 19.5 Å². The summed E-state index contributed by atoms with van der Waals surface area (Å²) in [5.41, 5.74) is 0. The Labute approximate surface area is 113 Å². The van der Waals surface area contributed by atoms with Gasteiger partial charge in [0.2, 0.25) is 11.8 Å². The monoisotopic (exact) mass is 273 g/mol. The second-order valence-electron chi connectivity index (χ2n) is 4.68. The van der Waals surface area contributed by atoms with Crippen LogP contribution >= 0.6 is 0 Å². The van der Waals surface area contributed by atoms with E-state index in [0.29, 0.717) is 19.1 Å². The third-order valence-electron chi connectivity index (χ3n) is 2.35. The highest BCUT2D eigenvalue weighted by Gasteiger charge is 2.16. The maximum absolute atomic E-state index is 11.4. The maximum Gasteiger partial charge on any atom is 0.304 e. The van der Waals surface area contributed by atoms with Gasteiger partial charge in [-0.15, -0.1) is 0 Å². The lowest BCUT2D eigenvalue weighted by atomic mass is 10.1. The molecule has 2 amide bonds. The summed E-state index contributed by atoms with van der Waals surface area (Å²) >= 11 is 0. The lowest BCUT2D eigenvalue weighted by molar-refractivity contribution is -0.140. The molecule has 7 nitrogen and oxygen atoms in total. The van der Waals surface area contributed by atoms with Gasteiger partial charge in [0.1, 0.15) is 0 Å². The molecule has 1 unspecified atom stereocenters. The van der Waals surface area contributed by atoms with Gasteiger partial charge in [-0.1, -0.05) is 20.8 Å². The van der Waals surface area contributed by atoms with Crippen LogP contribution in [0.2, 0.25) is 0 Å². The minimum atomic E-state index is -1.04. The summed E-state index contributed by atoms with van der Waals surface area (Å²) in [4.78, 5) is 33.2. The van der Waals surface area contributed by atoms with Crippen molar-refractivity contribution in [1.82, 2.24) is 16.0 Å². The number of hydrogen-bond donors (Lipinski definition) is 4. The molecule has 0 aliphatic rings. The molecule has 0 aromatic carbocycles. The average molecular weight is 273 g/mol. The molecule has 0 saturated heterocycles. The van der Waals surface area contributed by atoms with Gasteiger partial charge in [0.05, 0.1) is 13.0 Å². The third kappa shape index (κ3) is 10.0. The molecule has 0 bridgehead atoms. The number of carboxylic acid groups (broad SMARTS) is 1. The van der Waals surface area contributed by atoms with Crippen molar-refractivity contribution in [3.63, 3.8) is 0 Å². The normalized spacial score (nSPS) is 12.0. The highest BCUT2D eigenvalue weighted by atomic mass is 16.4. The van der Waals surface area contributed by atoms with Crippen LogP contribution < -0.4 is 16.0 Å². The summed E-state index contributed by atoms with van der Waals surface area (Å²) in [5.74, 6) is -2.40. The first-order valence-electron chi connectivity index (χ1n) is 6.32. The molecule has 19 heavy (non-hydrogen) atoms. The molecule has 0 aromatic rings. The van der Waals surface area contributed by atoms with E-state index >= 15 is 0 Å². The third-order valence-corrected chi connectivity index (χ3v) is 2.35. The van der Waals surface area contributed by atoms with E-state index < -0.39 is 17.8 Å². The zero-order valence-corrected chi connectivity index (χ0v) is 11.7. The Bertz CT molecular complexity index is 318. The van der Waals surface area contributed by atoms with Crippen LogP contribution in [0.3, 0.4) is 0 Å².